The molecule has 0 aliphatic heterocycles. The number of aliphatic carboxylic acids is 1. The number of carboxylic acid groups (broad SMARTS) is 1. The van der Waals surface area contributed by atoms with Gasteiger partial charge in [0.2, 0.25) is 0 Å². The highest BCUT2D eigenvalue weighted by molar-refractivity contribution is 5.89. The van der Waals surface area contributed by atoms with Gasteiger partial charge in [0.15, 0.2) is 0 Å². The van der Waals surface area contributed by atoms with Crippen LogP contribution in [0.3, 0.4) is 0 Å². The van der Waals surface area contributed by atoms with Crippen LogP contribution < -0.4 is 10.6 Å². The summed E-state index contributed by atoms with van der Waals surface area (Å²) in [5, 5.41) is 14.1. The molecule has 1 aliphatic carbocycles. The lowest BCUT2D eigenvalue weighted by atomic mass is 9.85. The minimum absolute atomic E-state index is 0.203. The van der Waals surface area contributed by atoms with Gasteiger partial charge in [0.25, 0.3) is 0 Å². The molecule has 2 rings (SSSR count). The average Bonchev–Trinajstić information content (AvgIpc) is 2.36. The van der Waals surface area contributed by atoms with Gasteiger partial charge in [0.1, 0.15) is 0 Å². The number of hydrogen-bond acceptors (Lipinski definition) is 2. The van der Waals surface area contributed by atoms with E-state index in [0.717, 1.165) is 18.2 Å². The van der Waals surface area contributed by atoms with Crippen LogP contribution in [-0.2, 0) is 4.79 Å². The minimum atomic E-state index is -0.984. The van der Waals surface area contributed by atoms with Crippen molar-refractivity contribution in [3.63, 3.8) is 0 Å². The number of hydrogen-bond donors (Lipinski definition) is 3. The van der Waals surface area contributed by atoms with Crippen LogP contribution in [0.4, 0.5) is 10.5 Å². The normalized spacial score (nSPS) is 14.8. The molecule has 2 amide bonds. The van der Waals surface area contributed by atoms with Gasteiger partial charge in [-0.05, 0) is 42.5 Å². The first-order valence-corrected chi connectivity index (χ1v) is 6.69. The van der Waals surface area contributed by atoms with Crippen LogP contribution in [0.15, 0.2) is 30.3 Å². The highest BCUT2D eigenvalue weighted by atomic mass is 16.4. The van der Waals surface area contributed by atoms with Gasteiger partial charge >= 0.3 is 12.0 Å². The summed E-state index contributed by atoms with van der Waals surface area (Å²) < 4.78 is 0. The molecule has 0 saturated heterocycles. The highest BCUT2D eigenvalue weighted by Crippen LogP contribution is 2.25. The summed E-state index contributed by atoms with van der Waals surface area (Å²) in [7, 11) is 0. The predicted molar refractivity (Wildman–Crippen MR) is 77.5 cm³/mol. The Hall–Kier alpha value is -2.30. The van der Waals surface area contributed by atoms with E-state index >= 15 is 0 Å². The van der Waals surface area contributed by atoms with Gasteiger partial charge in [-0.3, -0.25) is 0 Å². The molecular weight excluding hydrogens is 256 g/mol. The van der Waals surface area contributed by atoms with E-state index in [2.05, 4.69) is 10.6 Å². The molecule has 106 valence electrons. The first-order chi connectivity index (χ1) is 9.63. The lowest BCUT2D eigenvalue weighted by molar-refractivity contribution is -0.131. The molecule has 0 unspecified atom stereocenters. The summed E-state index contributed by atoms with van der Waals surface area (Å²) in [5.74, 6) is -0.355. The maximum atomic E-state index is 11.6. The standard InChI is InChI=1S/C15H18N2O3/c18-14(19)9-6-11-4-7-13(8-5-11)17-15(20)16-10-12-2-1-3-12/h4-9,12H,1-3,10H2,(H,18,19)(H2,16,17,20). The number of amides is 2. The van der Waals surface area contributed by atoms with Crippen molar-refractivity contribution in [2.45, 2.75) is 19.3 Å². The third-order valence-corrected chi connectivity index (χ3v) is 3.36. The highest BCUT2D eigenvalue weighted by Gasteiger charge is 2.17. The first kappa shape index (κ1) is 14.1. The van der Waals surface area contributed by atoms with Crippen molar-refractivity contribution < 1.29 is 14.7 Å². The fourth-order valence-corrected chi connectivity index (χ4v) is 1.95. The van der Waals surface area contributed by atoms with Crippen LogP contribution in [0.2, 0.25) is 0 Å². The number of carbonyl (C=O) groups excluding carboxylic acids is 1. The predicted octanol–water partition coefficient (Wildman–Crippen LogP) is 2.71. The van der Waals surface area contributed by atoms with Crippen molar-refractivity contribution >= 4 is 23.8 Å². The molecule has 3 N–H and O–H groups in total. The van der Waals surface area contributed by atoms with Crippen molar-refractivity contribution in [3.8, 4) is 0 Å². The van der Waals surface area contributed by atoms with Crippen molar-refractivity contribution in [3.05, 3.63) is 35.9 Å². The number of urea groups is 1. The van der Waals surface area contributed by atoms with Crippen LogP contribution in [0.25, 0.3) is 6.08 Å². The molecule has 1 saturated carbocycles. The smallest absolute Gasteiger partial charge is 0.328 e. The number of rotatable bonds is 5. The molecule has 0 radical (unpaired) electrons. The molecule has 20 heavy (non-hydrogen) atoms. The Morgan fingerprint density at radius 3 is 2.50 bits per heavy atom. The Kier molecular flexibility index (Phi) is 4.76. The van der Waals surface area contributed by atoms with E-state index in [1.54, 1.807) is 24.3 Å². The molecule has 1 fully saturated rings. The summed E-state index contributed by atoms with van der Waals surface area (Å²) in [6, 6.07) is 6.78. The summed E-state index contributed by atoms with van der Waals surface area (Å²) in [4.78, 5) is 22.0. The molecular formula is C15H18N2O3. The fraction of sp³-hybridized carbons (Fsp3) is 0.333. The number of carboxylic acids is 1. The van der Waals surface area contributed by atoms with Crippen LogP contribution in [0.1, 0.15) is 24.8 Å². The second kappa shape index (κ2) is 6.75. The van der Waals surface area contributed by atoms with E-state index in [-0.39, 0.29) is 6.03 Å². The largest absolute Gasteiger partial charge is 0.478 e. The molecule has 0 atom stereocenters. The molecule has 1 aromatic rings. The monoisotopic (exact) mass is 274 g/mol. The number of nitrogens with one attached hydrogen (secondary N) is 2. The zero-order valence-corrected chi connectivity index (χ0v) is 11.1. The molecule has 5 heteroatoms. The van der Waals surface area contributed by atoms with Gasteiger partial charge in [-0.15, -0.1) is 0 Å². The van der Waals surface area contributed by atoms with Crippen molar-refractivity contribution in [2.24, 2.45) is 5.92 Å². The lowest BCUT2D eigenvalue weighted by Crippen LogP contribution is -2.35. The van der Waals surface area contributed by atoms with Gasteiger partial charge in [-0.2, -0.15) is 0 Å². The van der Waals surface area contributed by atoms with Crippen LogP contribution in [0, 0.1) is 5.92 Å². The summed E-state index contributed by atoms with van der Waals surface area (Å²) in [5.41, 5.74) is 1.46. The maximum Gasteiger partial charge on any atom is 0.328 e. The Bertz CT molecular complexity index is 504. The van der Waals surface area contributed by atoms with Crippen molar-refractivity contribution in [1.82, 2.24) is 5.32 Å². The first-order valence-electron chi connectivity index (χ1n) is 6.69. The van der Waals surface area contributed by atoms with E-state index in [1.807, 2.05) is 0 Å². The quantitative estimate of drug-likeness (QED) is 0.722. The van der Waals surface area contributed by atoms with Crippen LogP contribution >= 0.6 is 0 Å². The second-order valence-electron chi connectivity index (χ2n) is 4.93. The van der Waals surface area contributed by atoms with Crippen LogP contribution in [-0.4, -0.2) is 23.7 Å². The van der Waals surface area contributed by atoms with E-state index in [9.17, 15) is 9.59 Å². The summed E-state index contributed by atoms with van der Waals surface area (Å²) in [6.45, 7) is 0.727. The Morgan fingerprint density at radius 1 is 1.25 bits per heavy atom. The maximum absolute atomic E-state index is 11.6. The van der Waals surface area contributed by atoms with Crippen molar-refractivity contribution in [1.29, 1.82) is 0 Å². The summed E-state index contributed by atoms with van der Waals surface area (Å²) >= 11 is 0. The lowest BCUT2D eigenvalue weighted by Gasteiger charge is -2.25. The van der Waals surface area contributed by atoms with Gasteiger partial charge in [-0.25, -0.2) is 9.59 Å². The molecule has 0 aromatic heterocycles. The minimum Gasteiger partial charge on any atom is -0.478 e. The molecule has 1 aromatic carbocycles. The van der Waals surface area contributed by atoms with Gasteiger partial charge in [0.05, 0.1) is 0 Å². The molecule has 0 spiro atoms. The zero-order valence-electron chi connectivity index (χ0n) is 11.1. The van der Waals surface area contributed by atoms with E-state index in [4.69, 9.17) is 5.11 Å². The molecule has 0 bridgehead atoms. The fourth-order valence-electron chi connectivity index (χ4n) is 1.95. The summed E-state index contributed by atoms with van der Waals surface area (Å²) in [6.07, 6.45) is 6.24. The Labute approximate surface area is 117 Å². The third kappa shape index (κ3) is 4.42. The Morgan fingerprint density at radius 2 is 1.95 bits per heavy atom. The second-order valence-corrected chi connectivity index (χ2v) is 4.93. The van der Waals surface area contributed by atoms with Gasteiger partial charge in [-0.1, -0.05) is 18.6 Å². The zero-order chi connectivity index (χ0) is 14.4. The number of anilines is 1. The molecule has 0 heterocycles. The van der Waals surface area contributed by atoms with Gasteiger partial charge < -0.3 is 15.7 Å². The van der Waals surface area contributed by atoms with E-state index in [1.165, 1.54) is 25.3 Å². The molecule has 1 aliphatic rings. The van der Waals surface area contributed by atoms with E-state index in [0.29, 0.717) is 11.6 Å². The number of benzene rings is 1. The third-order valence-electron chi connectivity index (χ3n) is 3.36. The Balaban J connectivity index is 1.80. The SMILES string of the molecule is O=C(O)C=Cc1ccc(NC(=O)NCC2CCC2)cc1. The van der Waals surface area contributed by atoms with Gasteiger partial charge in [0, 0.05) is 18.3 Å². The van der Waals surface area contributed by atoms with Crippen molar-refractivity contribution in [2.75, 3.05) is 11.9 Å². The average molecular weight is 274 g/mol. The molecule has 5 nitrogen and oxygen atoms in total. The topological polar surface area (TPSA) is 78.4 Å². The van der Waals surface area contributed by atoms with Crippen LogP contribution in [0.5, 0.6) is 0 Å². The number of carbonyl (C=O) groups is 2. The van der Waals surface area contributed by atoms with E-state index < -0.39 is 5.97 Å².